The summed E-state index contributed by atoms with van der Waals surface area (Å²) in [4.78, 5) is 36.9. The highest BCUT2D eigenvalue weighted by Gasteiger charge is 2.19. The second-order valence-corrected chi connectivity index (χ2v) is 5.96. The van der Waals surface area contributed by atoms with E-state index >= 15 is 0 Å². The zero-order valence-corrected chi connectivity index (χ0v) is 14.0. The van der Waals surface area contributed by atoms with Crippen molar-refractivity contribution in [2.45, 2.75) is 17.2 Å². The second-order valence-electron chi connectivity index (χ2n) is 4.63. The van der Waals surface area contributed by atoms with E-state index < -0.39 is 16.5 Å². The van der Waals surface area contributed by atoms with Gasteiger partial charge in [0.05, 0.1) is 25.2 Å². The van der Waals surface area contributed by atoms with Crippen LogP contribution in [0.1, 0.15) is 6.92 Å². The fourth-order valence-electron chi connectivity index (χ4n) is 1.78. The number of carbonyl (C=O) groups is 1. The van der Waals surface area contributed by atoms with Crippen LogP contribution < -0.4 is 26.0 Å². The first-order chi connectivity index (χ1) is 11.4. The van der Waals surface area contributed by atoms with Crippen LogP contribution in [0.4, 0.5) is 5.69 Å². The lowest BCUT2D eigenvalue weighted by molar-refractivity contribution is -0.115. The van der Waals surface area contributed by atoms with Crippen molar-refractivity contribution < 1.29 is 14.3 Å². The minimum Gasteiger partial charge on any atom is -0.497 e. The normalized spacial score (nSPS) is 11.6. The van der Waals surface area contributed by atoms with Crippen molar-refractivity contribution in [2.75, 3.05) is 19.5 Å². The molecule has 1 unspecified atom stereocenters. The quantitative estimate of drug-likeness (QED) is 0.650. The van der Waals surface area contributed by atoms with Crippen molar-refractivity contribution in [2.24, 2.45) is 0 Å². The third-order valence-electron chi connectivity index (χ3n) is 3.00. The summed E-state index contributed by atoms with van der Waals surface area (Å²) in [6.07, 6.45) is 0. The lowest BCUT2D eigenvalue weighted by Crippen LogP contribution is -2.28. The van der Waals surface area contributed by atoms with Gasteiger partial charge in [0.15, 0.2) is 5.03 Å². The fourth-order valence-corrected chi connectivity index (χ4v) is 2.54. The van der Waals surface area contributed by atoms with Crippen LogP contribution in [0, 0.1) is 0 Å². The minimum absolute atomic E-state index is 0.00476. The molecule has 0 radical (unpaired) electrons. The van der Waals surface area contributed by atoms with Crippen molar-refractivity contribution in [3.05, 3.63) is 39.0 Å². The number of ether oxygens (including phenoxy) is 2. The largest absolute Gasteiger partial charge is 0.497 e. The van der Waals surface area contributed by atoms with E-state index in [1.165, 1.54) is 14.2 Å². The number of methoxy groups -OCH3 is 2. The molecule has 1 heterocycles. The van der Waals surface area contributed by atoms with E-state index in [-0.39, 0.29) is 10.9 Å². The first kappa shape index (κ1) is 17.6. The third kappa shape index (κ3) is 4.16. The molecule has 1 aromatic heterocycles. The molecule has 2 aromatic rings. The van der Waals surface area contributed by atoms with E-state index in [4.69, 9.17) is 9.47 Å². The molecular weight excluding hydrogens is 336 g/mol. The molecule has 24 heavy (non-hydrogen) atoms. The van der Waals surface area contributed by atoms with Crippen LogP contribution in [0.2, 0.25) is 0 Å². The predicted octanol–water partition coefficient (Wildman–Crippen LogP) is 0.595. The van der Waals surface area contributed by atoms with Crippen LogP contribution in [0.3, 0.4) is 0 Å². The van der Waals surface area contributed by atoms with Gasteiger partial charge in [-0.2, -0.15) is 5.10 Å². The van der Waals surface area contributed by atoms with Gasteiger partial charge in [0.2, 0.25) is 5.91 Å². The van der Waals surface area contributed by atoms with Gasteiger partial charge < -0.3 is 14.8 Å². The zero-order chi connectivity index (χ0) is 17.7. The average Bonchev–Trinajstić information content (AvgIpc) is 2.57. The molecule has 128 valence electrons. The van der Waals surface area contributed by atoms with Crippen molar-refractivity contribution in [1.29, 1.82) is 0 Å². The summed E-state index contributed by atoms with van der Waals surface area (Å²) in [5.41, 5.74) is -0.914. The van der Waals surface area contributed by atoms with E-state index in [0.717, 1.165) is 11.8 Å². The highest BCUT2D eigenvalue weighted by Crippen LogP contribution is 2.29. The maximum Gasteiger partial charge on any atom is 0.342 e. The monoisotopic (exact) mass is 352 g/mol. The lowest BCUT2D eigenvalue weighted by atomic mass is 10.2. The fraction of sp³-hybridized carbons (Fsp3) is 0.286. The minimum atomic E-state index is -0.706. The van der Waals surface area contributed by atoms with Crippen molar-refractivity contribution in [3.63, 3.8) is 0 Å². The summed E-state index contributed by atoms with van der Waals surface area (Å²) in [5.74, 6) is 0.672. The number of carbonyl (C=O) groups excluding carboxylic acids is 1. The number of anilines is 1. The number of nitrogens with one attached hydrogen (secondary N) is 3. The smallest absolute Gasteiger partial charge is 0.342 e. The van der Waals surface area contributed by atoms with Gasteiger partial charge in [-0.05, 0) is 19.1 Å². The molecule has 10 heteroatoms. The number of rotatable bonds is 6. The molecule has 0 saturated heterocycles. The summed E-state index contributed by atoms with van der Waals surface area (Å²) in [5, 5.41) is 7.81. The van der Waals surface area contributed by atoms with Gasteiger partial charge in [0.25, 0.3) is 5.56 Å². The Kier molecular flexibility index (Phi) is 5.64. The molecular formula is C14H16N4O5S. The molecule has 0 spiro atoms. The molecule has 0 aliphatic heterocycles. The highest BCUT2D eigenvalue weighted by atomic mass is 32.2. The van der Waals surface area contributed by atoms with Gasteiger partial charge in [-0.25, -0.2) is 9.89 Å². The molecule has 3 N–H and O–H groups in total. The van der Waals surface area contributed by atoms with Gasteiger partial charge in [-0.15, -0.1) is 0 Å². The lowest BCUT2D eigenvalue weighted by Gasteiger charge is -2.14. The number of benzene rings is 1. The van der Waals surface area contributed by atoms with Crippen LogP contribution >= 0.6 is 11.8 Å². The van der Waals surface area contributed by atoms with E-state index in [9.17, 15) is 14.4 Å². The molecule has 1 atom stereocenters. The standard InChI is InChI=1S/C14H16N4O5S/c1-7(24-13-12(20)16-14(21)18-17-13)11(19)15-9-6-8(22-2)4-5-10(9)23-3/h4-7H,1-3H3,(H,15,19)(H2,16,18,20,21). The maximum atomic E-state index is 12.3. The Morgan fingerprint density at radius 3 is 2.67 bits per heavy atom. The number of amides is 1. The van der Waals surface area contributed by atoms with Gasteiger partial charge in [-0.1, -0.05) is 11.8 Å². The molecule has 1 amide bonds. The molecule has 1 aromatic carbocycles. The van der Waals surface area contributed by atoms with E-state index in [0.29, 0.717) is 17.2 Å². The van der Waals surface area contributed by atoms with E-state index in [1.807, 2.05) is 4.98 Å². The van der Waals surface area contributed by atoms with Crippen LogP contribution in [0.5, 0.6) is 11.5 Å². The second kappa shape index (κ2) is 7.68. The van der Waals surface area contributed by atoms with E-state index in [2.05, 4.69) is 15.5 Å². The predicted molar refractivity (Wildman–Crippen MR) is 89.0 cm³/mol. The Morgan fingerprint density at radius 2 is 2.04 bits per heavy atom. The maximum absolute atomic E-state index is 12.3. The zero-order valence-electron chi connectivity index (χ0n) is 13.2. The Bertz CT molecular complexity index is 848. The van der Waals surface area contributed by atoms with Gasteiger partial charge >= 0.3 is 5.69 Å². The Hall–Kier alpha value is -2.75. The highest BCUT2D eigenvalue weighted by molar-refractivity contribution is 8.00. The Balaban J connectivity index is 2.14. The van der Waals surface area contributed by atoms with Gasteiger partial charge in [0.1, 0.15) is 11.5 Å². The molecule has 9 nitrogen and oxygen atoms in total. The number of aromatic nitrogens is 3. The van der Waals surface area contributed by atoms with Crippen LogP contribution in [0.15, 0.2) is 32.8 Å². The average molecular weight is 352 g/mol. The number of thioether (sulfide) groups is 1. The van der Waals surface area contributed by atoms with Crippen LogP contribution in [-0.2, 0) is 4.79 Å². The Labute approximate surface area is 140 Å². The van der Waals surface area contributed by atoms with Crippen LogP contribution in [-0.4, -0.2) is 40.6 Å². The van der Waals surface area contributed by atoms with Crippen molar-refractivity contribution in [1.82, 2.24) is 15.2 Å². The molecule has 0 aliphatic rings. The SMILES string of the molecule is COc1ccc(OC)c(NC(=O)C(C)Sc2n[nH]c(=O)[nH]c2=O)c1. The van der Waals surface area contributed by atoms with Gasteiger partial charge in [0, 0.05) is 6.07 Å². The van der Waals surface area contributed by atoms with Crippen molar-refractivity contribution in [3.8, 4) is 11.5 Å². The number of H-pyrrole nitrogens is 2. The number of nitrogens with zero attached hydrogens (tertiary/aromatic N) is 1. The Morgan fingerprint density at radius 1 is 1.29 bits per heavy atom. The number of aromatic amines is 2. The summed E-state index contributed by atoms with van der Waals surface area (Å²) >= 11 is 0.921. The summed E-state index contributed by atoms with van der Waals surface area (Å²) in [6.45, 7) is 1.61. The molecule has 0 aliphatic carbocycles. The number of hydrogen-bond acceptors (Lipinski definition) is 7. The molecule has 0 fully saturated rings. The molecule has 2 rings (SSSR count). The summed E-state index contributed by atoms with van der Waals surface area (Å²) in [7, 11) is 3.00. The molecule has 0 saturated carbocycles. The summed E-state index contributed by atoms with van der Waals surface area (Å²) < 4.78 is 10.3. The number of hydrogen-bond donors (Lipinski definition) is 3. The summed E-state index contributed by atoms with van der Waals surface area (Å²) in [6, 6.07) is 5.00. The van der Waals surface area contributed by atoms with E-state index in [1.54, 1.807) is 25.1 Å². The van der Waals surface area contributed by atoms with Crippen molar-refractivity contribution >= 4 is 23.4 Å². The molecule has 0 bridgehead atoms. The topological polar surface area (TPSA) is 126 Å². The first-order valence-corrected chi connectivity index (χ1v) is 7.71. The van der Waals surface area contributed by atoms with Gasteiger partial charge in [-0.3, -0.25) is 14.6 Å². The first-order valence-electron chi connectivity index (χ1n) is 6.83. The third-order valence-corrected chi connectivity index (χ3v) is 4.07. The van der Waals surface area contributed by atoms with Crippen LogP contribution in [0.25, 0.3) is 0 Å².